The lowest BCUT2D eigenvalue weighted by molar-refractivity contribution is 0.668. The zero-order valence-corrected chi connectivity index (χ0v) is 33.7. The number of furan rings is 2. The molecule has 0 saturated heterocycles. The highest BCUT2D eigenvalue weighted by Gasteiger charge is 2.21. The smallest absolute Gasteiger partial charge is 0.167 e. The Bertz CT molecular complexity index is 3900. The average molecular weight is 807 g/mol. The lowest BCUT2D eigenvalue weighted by atomic mass is 9.99. The zero-order chi connectivity index (χ0) is 41.4. The molecule has 0 saturated carbocycles. The number of nitrogens with zero attached hydrogens (tertiary/aromatic N) is 4. The number of hydrogen-bond acceptors (Lipinski definition) is 5. The van der Waals surface area contributed by atoms with E-state index < -0.39 is 0 Å². The molecule has 294 valence electrons. The molecule has 0 spiro atoms. The summed E-state index contributed by atoms with van der Waals surface area (Å²) in [5.41, 5.74) is 13.7. The lowest BCUT2D eigenvalue weighted by Gasteiger charge is -2.10. The molecule has 6 nitrogen and oxygen atoms in total. The Labute approximate surface area is 361 Å². The highest BCUT2D eigenvalue weighted by molar-refractivity contribution is 6.14. The van der Waals surface area contributed by atoms with Gasteiger partial charge in [-0.3, -0.25) is 0 Å². The van der Waals surface area contributed by atoms with Crippen LogP contribution in [-0.4, -0.2) is 19.5 Å². The van der Waals surface area contributed by atoms with E-state index in [1.165, 1.54) is 21.9 Å². The molecule has 6 heteroatoms. The Hall–Kier alpha value is -8.61. The van der Waals surface area contributed by atoms with Gasteiger partial charge in [0.25, 0.3) is 0 Å². The number of para-hydroxylation sites is 3. The van der Waals surface area contributed by atoms with Crippen molar-refractivity contribution in [2.45, 2.75) is 0 Å². The van der Waals surface area contributed by atoms with Crippen molar-refractivity contribution in [2.24, 2.45) is 0 Å². The van der Waals surface area contributed by atoms with Crippen LogP contribution in [0, 0.1) is 0 Å². The molecule has 0 radical (unpaired) electrons. The molecular formula is C57H34N4O2. The van der Waals surface area contributed by atoms with Gasteiger partial charge in [-0.1, -0.05) is 146 Å². The summed E-state index contributed by atoms with van der Waals surface area (Å²) >= 11 is 0. The maximum absolute atomic E-state index is 6.57. The molecule has 0 aliphatic heterocycles. The largest absolute Gasteiger partial charge is 0.456 e. The van der Waals surface area contributed by atoms with E-state index in [9.17, 15) is 0 Å². The quantitative estimate of drug-likeness (QED) is 0.167. The molecule has 0 bridgehead atoms. The molecule has 0 fully saturated rings. The normalized spacial score (nSPS) is 11.8. The molecule has 13 rings (SSSR count). The summed E-state index contributed by atoms with van der Waals surface area (Å²) in [5.74, 6) is 1.66. The maximum atomic E-state index is 6.57. The van der Waals surface area contributed by atoms with Crippen molar-refractivity contribution < 1.29 is 8.83 Å². The second-order valence-corrected chi connectivity index (χ2v) is 15.9. The van der Waals surface area contributed by atoms with Crippen molar-refractivity contribution in [1.82, 2.24) is 19.5 Å². The number of aromatic nitrogens is 4. The Kier molecular flexibility index (Phi) is 7.80. The molecule has 0 amide bonds. The summed E-state index contributed by atoms with van der Waals surface area (Å²) in [4.78, 5) is 15.5. The predicted molar refractivity (Wildman–Crippen MR) is 256 cm³/mol. The van der Waals surface area contributed by atoms with Crippen LogP contribution in [0.1, 0.15) is 0 Å². The third-order valence-electron chi connectivity index (χ3n) is 12.3. The van der Waals surface area contributed by atoms with Crippen molar-refractivity contribution in [3.8, 4) is 62.1 Å². The molecule has 63 heavy (non-hydrogen) atoms. The van der Waals surface area contributed by atoms with E-state index in [1.54, 1.807) is 0 Å². The van der Waals surface area contributed by atoms with Gasteiger partial charge in [0.1, 0.15) is 22.3 Å². The van der Waals surface area contributed by atoms with Crippen LogP contribution in [0.4, 0.5) is 0 Å². The average Bonchev–Trinajstić information content (AvgIpc) is 4.03. The number of rotatable bonds is 6. The van der Waals surface area contributed by atoms with Crippen LogP contribution in [0.15, 0.2) is 215 Å². The highest BCUT2D eigenvalue weighted by atomic mass is 16.3. The standard InChI is InChI=1S/C57H34N4O2/c1-4-14-35(15-5-1)37-27-30-48-46(32-37)41-29-26-39(34-49(41)61(48)40-18-8-3-9-19-40)38-28-31-51-47(33-38)53-44(22-13-25-52(53)62-51)56-58-55(36-16-6-2-7-17-36)59-57(60-56)45-23-12-21-43-42-20-10-11-24-50(42)63-54(43)45/h1-34H. The van der Waals surface area contributed by atoms with E-state index in [-0.39, 0.29) is 0 Å². The van der Waals surface area contributed by atoms with Gasteiger partial charge >= 0.3 is 0 Å². The summed E-state index contributed by atoms with van der Waals surface area (Å²) in [7, 11) is 0. The second-order valence-electron chi connectivity index (χ2n) is 15.9. The van der Waals surface area contributed by atoms with Crippen molar-refractivity contribution in [3.05, 3.63) is 206 Å². The number of benzene rings is 9. The third kappa shape index (κ3) is 5.69. The SMILES string of the molecule is c1ccc(-c2ccc3c(c2)c2ccc(-c4ccc5oc6cccc(-c7nc(-c8ccccc8)nc(-c8cccc9c8oc8ccccc89)n7)c6c5c4)cc2n3-c2ccccc2)cc1. The Morgan fingerprint density at radius 3 is 1.75 bits per heavy atom. The van der Waals surface area contributed by atoms with Crippen LogP contribution in [0.25, 0.3) is 128 Å². The summed E-state index contributed by atoms with van der Waals surface area (Å²) in [5, 5.41) is 6.41. The maximum Gasteiger partial charge on any atom is 0.167 e. The molecule has 13 aromatic rings. The minimum atomic E-state index is 0.534. The van der Waals surface area contributed by atoms with Gasteiger partial charge < -0.3 is 13.4 Å². The van der Waals surface area contributed by atoms with Gasteiger partial charge in [-0.05, 0) is 82.9 Å². The van der Waals surface area contributed by atoms with Gasteiger partial charge in [-0.2, -0.15) is 0 Å². The molecule has 9 aromatic carbocycles. The Balaban J connectivity index is 0.997. The third-order valence-corrected chi connectivity index (χ3v) is 12.3. The summed E-state index contributed by atoms with van der Waals surface area (Å²) in [6.45, 7) is 0. The molecule has 0 unspecified atom stereocenters. The molecule has 0 aliphatic rings. The lowest BCUT2D eigenvalue weighted by Crippen LogP contribution is -2.00. The van der Waals surface area contributed by atoms with E-state index in [2.05, 4.69) is 138 Å². The van der Waals surface area contributed by atoms with E-state index in [1.807, 2.05) is 72.8 Å². The van der Waals surface area contributed by atoms with Crippen molar-refractivity contribution >= 4 is 65.7 Å². The van der Waals surface area contributed by atoms with Gasteiger partial charge in [-0.15, -0.1) is 0 Å². The van der Waals surface area contributed by atoms with Gasteiger partial charge in [-0.25, -0.2) is 15.0 Å². The zero-order valence-electron chi connectivity index (χ0n) is 33.7. The van der Waals surface area contributed by atoms with E-state index in [0.29, 0.717) is 17.5 Å². The van der Waals surface area contributed by atoms with Crippen LogP contribution >= 0.6 is 0 Å². The van der Waals surface area contributed by atoms with Gasteiger partial charge in [0.15, 0.2) is 17.5 Å². The van der Waals surface area contributed by atoms with Crippen LogP contribution in [0.3, 0.4) is 0 Å². The van der Waals surface area contributed by atoms with Gasteiger partial charge in [0.2, 0.25) is 0 Å². The first-order valence-corrected chi connectivity index (χ1v) is 21.1. The van der Waals surface area contributed by atoms with Crippen molar-refractivity contribution in [3.63, 3.8) is 0 Å². The Morgan fingerprint density at radius 2 is 0.905 bits per heavy atom. The summed E-state index contributed by atoms with van der Waals surface area (Å²) < 4.78 is 15.4. The second kappa shape index (κ2) is 14.0. The fraction of sp³-hybridized carbons (Fsp3) is 0. The molecule has 0 aliphatic carbocycles. The van der Waals surface area contributed by atoms with Crippen molar-refractivity contribution in [1.29, 1.82) is 0 Å². The highest BCUT2D eigenvalue weighted by Crippen LogP contribution is 2.42. The predicted octanol–water partition coefficient (Wildman–Crippen LogP) is 15.1. The fourth-order valence-electron chi connectivity index (χ4n) is 9.32. The number of fused-ring (bicyclic) bond motifs is 9. The molecule has 0 N–H and O–H groups in total. The minimum absolute atomic E-state index is 0.534. The van der Waals surface area contributed by atoms with Gasteiger partial charge in [0.05, 0.1) is 16.6 Å². The van der Waals surface area contributed by atoms with Gasteiger partial charge in [0, 0.05) is 49.1 Å². The molecule has 4 aromatic heterocycles. The first kappa shape index (κ1) is 35.2. The topological polar surface area (TPSA) is 69.9 Å². The van der Waals surface area contributed by atoms with Crippen LogP contribution < -0.4 is 0 Å². The summed E-state index contributed by atoms with van der Waals surface area (Å²) in [6.07, 6.45) is 0. The van der Waals surface area contributed by atoms with E-state index >= 15 is 0 Å². The van der Waals surface area contributed by atoms with Crippen LogP contribution in [0.5, 0.6) is 0 Å². The fourth-order valence-corrected chi connectivity index (χ4v) is 9.32. The van der Waals surface area contributed by atoms with E-state index in [4.69, 9.17) is 23.8 Å². The molecular weight excluding hydrogens is 773 g/mol. The summed E-state index contributed by atoms with van der Waals surface area (Å²) in [6, 6.07) is 71.7. The monoisotopic (exact) mass is 806 g/mol. The first-order valence-electron chi connectivity index (χ1n) is 21.1. The number of hydrogen-bond donors (Lipinski definition) is 0. The van der Waals surface area contributed by atoms with Crippen molar-refractivity contribution in [2.75, 3.05) is 0 Å². The Morgan fingerprint density at radius 1 is 0.317 bits per heavy atom. The molecule has 4 heterocycles. The minimum Gasteiger partial charge on any atom is -0.456 e. The van der Waals surface area contributed by atoms with Crippen LogP contribution in [-0.2, 0) is 0 Å². The molecule has 0 atom stereocenters. The first-order chi connectivity index (χ1) is 31.2. The van der Waals surface area contributed by atoms with Crippen LogP contribution in [0.2, 0.25) is 0 Å². The van der Waals surface area contributed by atoms with E-state index in [0.717, 1.165) is 88.4 Å².